The molecule has 0 radical (unpaired) electrons. The van der Waals surface area contributed by atoms with Gasteiger partial charge in [-0.25, -0.2) is 4.21 Å². The first-order valence-corrected chi connectivity index (χ1v) is 17.7. The van der Waals surface area contributed by atoms with E-state index in [0.29, 0.717) is 0 Å². The van der Waals surface area contributed by atoms with Gasteiger partial charge in [0.1, 0.15) is 11.2 Å². The highest BCUT2D eigenvalue weighted by Gasteiger charge is 2.21. The van der Waals surface area contributed by atoms with Crippen LogP contribution in [0, 0.1) is 0 Å². The molecule has 1 unspecified atom stereocenters. The molecule has 10 aromatic rings. The van der Waals surface area contributed by atoms with Gasteiger partial charge in [-0.3, -0.25) is 0 Å². The highest BCUT2D eigenvalue weighted by atomic mass is 32.2. The minimum Gasteiger partial charge on any atom is -0.456 e. The van der Waals surface area contributed by atoms with Gasteiger partial charge in [-0.1, -0.05) is 133 Å². The van der Waals surface area contributed by atoms with Gasteiger partial charge in [-0.2, -0.15) is 0 Å². The summed E-state index contributed by atoms with van der Waals surface area (Å²) < 4.78 is 20.0. The summed E-state index contributed by atoms with van der Waals surface area (Å²) in [6.45, 7) is 0. The summed E-state index contributed by atoms with van der Waals surface area (Å²) in [4.78, 5) is 1.59. The Labute approximate surface area is 285 Å². The molecule has 9 aromatic carbocycles. The highest BCUT2D eigenvalue weighted by Crippen LogP contribution is 2.48. The first-order chi connectivity index (χ1) is 24.2. The van der Waals surface area contributed by atoms with Gasteiger partial charge >= 0.3 is 0 Å². The van der Waals surface area contributed by atoms with Crippen molar-refractivity contribution in [2.45, 2.75) is 9.79 Å². The summed E-state index contributed by atoms with van der Waals surface area (Å²) in [5, 5.41) is 11.8. The van der Waals surface area contributed by atoms with Crippen molar-refractivity contribution in [3.63, 3.8) is 0 Å². The standard InChI is InChI=1S/C46H28O2S/c47-49(31-13-2-1-3-14-31)32-25-22-30(23-26-32)43-36-18-8-10-20-38(36)44(39-21-11-9-19-37(39)43)40-28-42-46(35-17-7-6-16-34(35)40)45-33-15-5-4-12-29(33)24-27-41(45)48-42/h1-28H. The van der Waals surface area contributed by atoms with Crippen LogP contribution in [0.3, 0.4) is 0 Å². The Kier molecular flexibility index (Phi) is 6.30. The third-order valence-electron chi connectivity index (χ3n) is 9.88. The predicted octanol–water partition coefficient (Wildman–Crippen LogP) is 12.7. The summed E-state index contributed by atoms with van der Waals surface area (Å²) in [5.41, 5.74) is 6.40. The van der Waals surface area contributed by atoms with Crippen molar-refractivity contribution in [1.82, 2.24) is 0 Å². The van der Waals surface area contributed by atoms with Gasteiger partial charge < -0.3 is 4.42 Å². The van der Waals surface area contributed by atoms with Crippen LogP contribution in [0.5, 0.6) is 0 Å². The summed E-state index contributed by atoms with van der Waals surface area (Å²) in [6.07, 6.45) is 0. The Balaban J connectivity index is 1.25. The molecule has 1 aromatic heterocycles. The third-order valence-corrected chi connectivity index (χ3v) is 11.3. The number of benzene rings is 9. The summed E-state index contributed by atoms with van der Waals surface area (Å²) in [7, 11) is -1.24. The minimum absolute atomic E-state index is 0.790. The molecule has 1 heterocycles. The molecule has 0 saturated carbocycles. The number of fused-ring (bicyclic) bond motifs is 9. The molecule has 0 spiro atoms. The molecule has 0 N–H and O–H groups in total. The molecular formula is C46H28O2S. The van der Waals surface area contributed by atoms with E-state index in [1.807, 2.05) is 42.5 Å². The summed E-state index contributed by atoms with van der Waals surface area (Å²) in [6, 6.07) is 59.1. The van der Waals surface area contributed by atoms with Crippen LogP contribution < -0.4 is 0 Å². The second kappa shape index (κ2) is 11.0. The van der Waals surface area contributed by atoms with Crippen molar-refractivity contribution in [2.24, 2.45) is 0 Å². The van der Waals surface area contributed by atoms with Crippen LogP contribution in [0.2, 0.25) is 0 Å². The topological polar surface area (TPSA) is 30.2 Å². The number of furan rings is 1. The van der Waals surface area contributed by atoms with E-state index < -0.39 is 10.8 Å². The third kappa shape index (κ3) is 4.29. The molecule has 1 atom stereocenters. The van der Waals surface area contributed by atoms with Gasteiger partial charge in [0.15, 0.2) is 0 Å². The SMILES string of the molecule is O=S(c1ccccc1)c1ccc(-c2c3ccccc3c(-c3cc4oc5ccc6ccccc6c5c4c4ccccc34)c3ccccc23)cc1. The molecule has 0 aliphatic rings. The number of rotatable bonds is 4. The zero-order valence-corrected chi connectivity index (χ0v) is 27.2. The molecule has 3 heteroatoms. The molecule has 0 fully saturated rings. The van der Waals surface area contributed by atoms with Crippen LogP contribution in [-0.2, 0) is 10.8 Å². The van der Waals surface area contributed by atoms with Crippen molar-refractivity contribution in [3.05, 3.63) is 170 Å². The van der Waals surface area contributed by atoms with E-state index in [9.17, 15) is 4.21 Å². The molecule has 0 saturated heterocycles. The Morgan fingerprint density at radius 2 is 0.898 bits per heavy atom. The van der Waals surface area contributed by atoms with Crippen molar-refractivity contribution in [1.29, 1.82) is 0 Å². The Morgan fingerprint density at radius 3 is 1.57 bits per heavy atom. The van der Waals surface area contributed by atoms with Gasteiger partial charge in [0, 0.05) is 20.6 Å². The molecule has 10 rings (SSSR count). The Morgan fingerprint density at radius 1 is 0.388 bits per heavy atom. The van der Waals surface area contributed by atoms with Crippen molar-refractivity contribution >= 4 is 75.8 Å². The lowest BCUT2D eigenvalue weighted by atomic mass is 9.84. The van der Waals surface area contributed by atoms with E-state index in [-0.39, 0.29) is 0 Å². The van der Waals surface area contributed by atoms with Gasteiger partial charge in [-0.15, -0.1) is 0 Å². The fourth-order valence-corrected chi connectivity index (χ4v) is 8.82. The zero-order valence-electron chi connectivity index (χ0n) is 26.4. The summed E-state index contributed by atoms with van der Waals surface area (Å²) >= 11 is 0. The van der Waals surface area contributed by atoms with Crippen molar-refractivity contribution in [3.8, 4) is 22.3 Å². The summed E-state index contributed by atoms with van der Waals surface area (Å²) in [5.74, 6) is 0. The highest BCUT2D eigenvalue weighted by molar-refractivity contribution is 7.85. The maximum atomic E-state index is 13.3. The van der Waals surface area contributed by atoms with Gasteiger partial charge in [0.05, 0.1) is 10.8 Å². The normalized spacial score (nSPS) is 12.5. The first-order valence-electron chi connectivity index (χ1n) is 16.5. The molecule has 0 amide bonds. The molecule has 2 nitrogen and oxygen atoms in total. The Hall–Kier alpha value is -6.03. The molecular weight excluding hydrogens is 617 g/mol. The number of hydrogen-bond acceptors (Lipinski definition) is 2. The monoisotopic (exact) mass is 644 g/mol. The van der Waals surface area contributed by atoms with Crippen molar-refractivity contribution in [2.75, 3.05) is 0 Å². The fourth-order valence-electron chi connectivity index (χ4n) is 7.76. The zero-order chi connectivity index (χ0) is 32.5. The predicted molar refractivity (Wildman–Crippen MR) is 206 cm³/mol. The minimum atomic E-state index is -1.24. The van der Waals surface area contributed by atoms with Crippen LogP contribution in [0.25, 0.3) is 87.3 Å². The van der Waals surface area contributed by atoms with E-state index in [2.05, 4.69) is 127 Å². The lowest BCUT2D eigenvalue weighted by Gasteiger charge is -2.19. The van der Waals surface area contributed by atoms with E-state index >= 15 is 0 Å². The second-order valence-corrected chi connectivity index (χ2v) is 14.0. The van der Waals surface area contributed by atoms with Crippen LogP contribution in [-0.4, -0.2) is 4.21 Å². The fraction of sp³-hybridized carbons (Fsp3) is 0. The smallest absolute Gasteiger partial charge is 0.136 e. The van der Waals surface area contributed by atoms with E-state index in [1.165, 1.54) is 54.2 Å². The lowest BCUT2D eigenvalue weighted by Crippen LogP contribution is -1.94. The molecule has 49 heavy (non-hydrogen) atoms. The largest absolute Gasteiger partial charge is 0.456 e. The number of hydrogen-bond donors (Lipinski definition) is 0. The van der Waals surface area contributed by atoms with Crippen LogP contribution in [0.1, 0.15) is 0 Å². The molecule has 0 aliphatic carbocycles. The lowest BCUT2D eigenvalue weighted by molar-refractivity contribution is 0.669. The molecule has 0 bridgehead atoms. The maximum absolute atomic E-state index is 13.3. The molecule has 0 aliphatic heterocycles. The Bertz CT molecular complexity index is 2880. The molecule has 230 valence electrons. The van der Waals surface area contributed by atoms with E-state index in [1.54, 1.807) is 0 Å². The van der Waals surface area contributed by atoms with Gasteiger partial charge in [-0.05, 0) is 102 Å². The van der Waals surface area contributed by atoms with Gasteiger partial charge in [0.2, 0.25) is 0 Å². The maximum Gasteiger partial charge on any atom is 0.136 e. The van der Waals surface area contributed by atoms with E-state index in [4.69, 9.17) is 4.42 Å². The second-order valence-electron chi connectivity index (χ2n) is 12.6. The average molecular weight is 645 g/mol. The van der Waals surface area contributed by atoms with Crippen LogP contribution >= 0.6 is 0 Å². The first kappa shape index (κ1) is 28.0. The van der Waals surface area contributed by atoms with Crippen molar-refractivity contribution < 1.29 is 8.63 Å². The average Bonchev–Trinajstić information content (AvgIpc) is 3.56. The van der Waals surface area contributed by atoms with Crippen LogP contribution in [0.15, 0.2) is 184 Å². The van der Waals surface area contributed by atoms with Crippen LogP contribution in [0.4, 0.5) is 0 Å². The van der Waals surface area contributed by atoms with Gasteiger partial charge in [0.25, 0.3) is 0 Å². The van der Waals surface area contributed by atoms with E-state index in [0.717, 1.165) is 42.9 Å². The quantitative estimate of drug-likeness (QED) is 0.178.